The van der Waals surface area contributed by atoms with Gasteiger partial charge in [-0.3, -0.25) is 14.5 Å². The number of thiophene rings is 1. The van der Waals surface area contributed by atoms with Crippen molar-refractivity contribution < 1.29 is 9.90 Å². The fraction of sp³-hybridized carbons (Fsp3) is 0.333. The van der Waals surface area contributed by atoms with Crippen LogP contribution in [0.5, 0.6) is 0 Å². The minimum atomic E-state index is -0.385. The molecule has 0 bridgehead atoms. The third kappa shape index (κ3) is 4.32. The second-order valence-electron chi connectivity index (χ2n) is 7.19. The molecule has 0 spiro atoms. The normalized spacial score (nSPS) is 17.7. The van der Waals surface area contributed by atoms with Crippen molar-refractivity contribution in [1.29, 1.82) is 0 Å². The molecule has 7 heteroatoms. The summed E-state index contributed by atoms with van der Waals surface area (Å²) in [4.78, 5) is 30.7. The van der Waals surface area contributed by atoms with Crippen molar-refractivity contribution in [1.82, 2.24) is 15.2 Å². The van der Waals surface area contributed by atoms with Crippen molar-refractivity contribution in [2.24, 2.45) is 0 Å². The number of β-amino-alcohol motifs (C(OH)–C–C–N with tert-alkyl or cyclic N) is 1. The number of carbonyl (C=O) groups excluding carboxylic acids is 1. The van der Waals surface area contributed by atoms with Crippen molar-refractivity contribution in [3.63, 3.8) is 0 Å². The molecule has 146 valence electrons. The van der Waals surface area contributed by atoms with Crippen LogP contribution in [0.1, 0.15) is 33.8 Å². The van der Waals surface area contributed by atoms with Gasteiger partial charge in [-0.2, -0.15) is 0 Å². The third-order valence-corrected chi connectivity index (χ3v) is 6.10. The number of nitrogens with zero attached hydrogens (tertiary/aromatic N) is 1. The molecule has 0 aliphatic carbocycles. The zero-order chi connectivity index (χ0) is 19.5. The number of aliphatic hydroxyl groups is 1. The van der Waals surface area contributed by atoms with Crippen LogP contribution in [0, 0.1) is 0 Å². The lowest BCUT2D eigenvalue weighted by Crippen LogP contribution is -2.38. The number of benzene rings is 1. The van der Waals surface area contributed by atoms with E-state index in [0.29, 0.717) is 19.6 Å². The Morgan fingerprint density at radius 2 is 2.14 bits per heavy atom. The van der Waals surface area contributed by atoms with Crippen molar-refractivity contribution >= 4 is 27.3 Å². The third-order valence-electron chi connectivity index (χ3n) is 4.99. The van der Waals surface area contributed by atoms with Crippen LogP contribution >= 0.6 is 11.3 Å². The maximum atomic E-state index is 12.4. The SMILES string of the molecule is O=C(NCc1cc2ccccc2s1)c1ccc(CN2CCCC(O)C2)[nH]c1=O. The molecule has 2 aromatic heterocycles. The highest BCUT2D eigenvalue weighted by atomic mass is 32.1. The van der Waals surface area contributed by atoms with E-state index in [2.05, 4.69) is 27.3 Å². The van der Waals surface area contributed by atoms with E-state index in [4.69, 9.17) is 0 Å². The van der Waals surface area contributed by atoms with Crippen LogP contribution in [-0.2, 0) is 13.1 Å². The van der Waals surface area contributed by atoms with Crippen molar-refractivity contribution in [2.75, 3.05) is 13.1 Å². The fourth-order valence-corrected chi connectivity index (χ4v) is 4.59. The molecule has 1 atom stereocenters. The Balaban J connectivity index is 1.39. The number of carbonyl (C=O) groups is 1. The molecule has 1 saturated heterocycles. The first-order chi connectivity index (χ1) is 13.6. The highest BCUT2D eigenvalue weighted by Crippen LogP contribution is 2.25. The summed E-state index contributed by atoms with van der Waals surface area (Å²) in [5.41, 5.74) is 0.479. The molecule has 1 aliphatic heterocycles. The quantitative estimate of drug-likeness (QED) is 0.617. The number of hydrogen-bond donors (Lipinski definition) is 3. The van der Waals surface area contributed by atoms with Gasteiger partial charge in [-0.1, -0.05) is 18.2 Å². The predicted octanol–water partition coefficient (Wildman–Crippen LogP) is 2.48. The van der Waals surface area contributed by atoms with Crippen LogP contribution in [0.15, 0.2) is 47.3 Å². The van der Waals surface area contributed by atoms with Gasteiger partial charge < -0.3 is 15.4 Å². The Labute approximate surface area is 166 Å². The van der Waals surface area contributed by atoms with Crippen LogP contribution in [0.3, 0.4) is 0 Å². The summed E-state index contributed by atoms with van der Waals surface area (Å²) in [5, 5.41) is 13.7. The van der Waals surface area contributed by atoms with Crippen LogP contribution in [0.25, 0.3) is 10.1 Å². The van der Waals surface area contributed by atoms with E-state index in [1.165, 1.54) is 4.70 Å². The van der Waals surface area contributed by atoms with Gasteiger partial charge in [0.1, 0.15) is 5.56 Å². The summed E-state index contributed by atoms with van der Waals surface area (Å²) in [6.45, 7) is 2.47. The first kappa shape index (κ1) is 18.9. The lowest BCUT2D eigenvalue weighted by Gasteiger charge is -2.29. The van der Waals surface area contributed by atoms with E-state index >= 15 is 0 Å². The second-order valence-corrected chi connectivity index (χ2v) is 8.36. The van der Waals surface area contributed by atoms with Gasteiger partial charge in [-0.05, 0) is 49.0 Å². The number of aliphatic hydroxyl groups excluding tert-OH is 1. The maximum absolute atomic E-state index is 12.4. The molecule has 3 N–H and O–H groups in total. The predicted molar refractivity (Wildman–Crippen MR) is 111 cm³/mol. The molecule has 3 aromatic rings. The monoisotopic (exact) mass is 397 g/mol. The lowest BCUT2D eigenvalue weighted by atomic mass is 10.1. The van der Waals surface area contributed by atoms with Gasteiger partial charge in [-0.25, -0.2) is 0 Å². The van der Waals surface area contributed by atoms with E-state index < -0.39 is 0 Å². The van der Waals surface area contributed by atoms with Crippen LogP contribution in [-0.4, -0.2) is 40.1 Å². The maximum Gasteiger partial charge on any atom is 0.261 e. The Bertz CT molecular complexity index is 1010. The zero-order valence-corrected chi connectivity index (χ0v) is 16.3. The summed E-state index contributed by atoms with van der Waals surface area (Å²) in [6.07, 6.45) is 1.47. The molecule has 1 aliphatic rings. The van der Waals surface area contributed by atoms with Gasteiger partial charge in [0, 0.05) is 28.4 Å². The van der Waals surface area contributed by atoms with Crippen LogP contribution in [0.4, 0.5) is 0 Å². The van der Waals surface area contributed by atoms with E-state index in [1.54, 1.807) is 23.5 Å². The number of hydrogen-bond acceptors (Lipinski definition) is 5. The van der Waals surface area contributed by atoms with Gasteiger partial charge in [-0.15, -0.1) is 11.3 Å². The zero-order valence-electron chi connectivity index (χ0n) is 15.5. The largest absolute Gasteiger partial charge is 0.392 e. The average Bonchev–Trinajstić information content (AvgIpc) is 3.09. The molecule has 4 rings (SSSR count). The molecule has 1 unspecified atom stereocenters. The molecule has 0 saturated carbocycles. The van der Waals surface area contributed by atoms with E-state index in [9.17, 15) is 14.7 Å². The minimum absolute atomic E-state index is 0.114. The topological polar surface area (TPSA) is 85.4 Å². The number of fused-ring (bicyclic) bond motifs is 1. The fourth-order valence-electron chi connectivity index (χ4n) is 3.59. The van der Waals surface area contributed by atoms with Gasteiger partial charge in [0.15, 0.2) is 0 Å². The van der Waals surface area contributed by atoms with Gasteiger partial charge >= 0.3 is 0 Å². The molecule has 1 aromatic carbocycles. The summed E-state index contributed by atoms with van der Waals surface area (Å²) in [5.74, 6) is -0.376. The smallest absolute Gasteiger partial charge is 0.261 e. The number of amides is 1. The number of nitrogens with one attached hydrogen (secondary N) is 2. The molecular formula is C21H23N3O3S. The summed E-state index contributed by atoms with van der Waals surface area (Å²) in [6, 6.07) is 13.5. The second kappa shape index (κ2) is 8.26. The molecule has 0 radical (unpaired) electrons. The molecular weight excluding hydrogens is 374 g/mol. The van der Waals surface area contributed by atoms with Crippen LogP contribution < -0.4 is 10.9 Å². The Morgan fingerprint density at radius 3 is 2.93 bits per heavy atom. The van der Waals surface area contributed by atoms with E-state index in [0.717, 1.165) is 35.3 Å². The minimum Gasteiger partial charge on any atom is -0.392 e. The number of piperidine rings is 1. The Hall–Kier alpha value is -2.48. The van der Waals surface area contributed by atoms with Gasteiger partial charge in [0.2, 0.25) is 0 Å². The summed E-state index contributed by atoms with van der Waals surface area (Å²) < 4.78 is 1.18. The van der Waals surface area contributed by atoms with Crippen molar-refractivity contribution in [3.8, 4) is 0 Å². The van der Waals surface area contributed by atoms with Crippen molar-refractivity contribution in [3.05, 3.63) is 69.0 Å². The van der Waals surface area contributed by atoms with E-state index in [-0.39, 0.29) is 23.1 Å². The molecule has 1 amide bonds. The first-order valence-corrected chi connectivity index (χ1v) is 10.3. The molecule has 28 heavy (non-hydrogen) atoms. The molecule has 6 nitrogen and oxygen atoms in total. The number of rotatable bonds is 5. The number of H-pyrrole nitrogens is 1. The first-order valence-electron chi connectivity index (χ1n) is 9.47. The number of pyridine rings is 1. The standard InChI is InChI=1S/C21H23N3O3S/c25-16-5-3-9-24(13-16)12-15-7-8-18(21(27)23-15)20(26)22-11-17-10-14-4-1-2-6-19(14)28-17/h1-2,4,6-8,10,16,25H,3,5,9,11-13H2,(H,22,26)(H,23,27). The van der Waals surface area contributed by atoms with Crippen LogP contribution in [0.2, 0.25) is 0 Å². The number of aromatic amines is 1. The summed E-state index contributed by atoms with van der Waals surface area (Å²) >= 11 is 1.63. The number of aromatic nitrogens is 1. The van der Waals surface area contributed by atoms with E-state index in [1.807, 2.05) is 18.2 Å². The van der Waals surface area contributed by atoms with Gasteiger partial charge in [0.25, 0.3) is 11.5 Å². The highest BCUT2D eigenvalue weighted by molar-refractivity contribution is 7.19. The highest BCUT2D eigenvalue weighted by Gasteiger charge is 2.18. The summed E-state index contributed by atoms with van der Waals surface area (Å²) in [7, 11) is 0. The molecule has 1 fully saturated rings. The lowest BCUT2D eigenvalue weighted by molar-refractivity contribution is 0.0662. The molecule has 3 heterocycles. The van der Waals surface area contributed by atoms with Gasteiger partial charge in [0.05, 0.1) is 12.6 Å². The Morgan fingerprint density at radius 1 is 1.29 bits per heavy atom. The van der Waals surface area contributed by atoms with Crippen molar-refractivity contribution in [2.45, 2.75) is 32.0 Å². The average molecular weight is 398 g/mol. The Kier molecular flexibility index (Phi) is 5.57. The number of likely N-dealkylation sites (tertiary alicyclic amines) is 1.